The normalized spacial score (nSPS) is 16.6. The maximum absolute atomic E-state index is 13.3. The van der Waals surface area contributed by atoms with Crippen molar-refractivity contribution in [3.05, 3.63) is 52.7 Å². The number of fused-ring (bicyclic) bond motifs is 1. The topological polar surface area (TPSA) is 45.1 Å². The number of hydrogen-bond donors (Lipinski definition) is 2. The Bertz CT molecular complexity index is 920. The zero-order valence-corrected chi connectivity index (χ0v) is 16.1. The largest absolute Gasteiger partial charge is 0.433 e. The first-order chi connectivity index (χ1) is 14.1. The molecule has 2 N–H and O–H groups in total. The van der Waals surface area contributed by atoms with Gasteiger partial charge in [0, 0.05) is 11.9 Å². The first-order valence-corrected chi connectivity index (χ1v) is 9.72. The Morgan fingerprint density at radius 1 is 1.07 bits per heavy atom. The molecule has 3 rings (SSSR count). The minimum absolute atomic E-state index is 0.0834. The summed E-state index contributed by atoms with van der Waals surface area (Å²) in [5.41, 5.74) is -2.49. The standard InChI is InChI=1S/C21H22F6N2O/c22-20(23,24)16-8-4-7-14-15(11-18(21(25,26)27)29-19(14)16)17(30)12-28-10-9-13-5-2-1-3-6-13/h4-5,7-8,11,17,28,30H,1-3,6,9-10,12H2. The summed E-state index contributed by atoms with van der Waals surface area (Å²) in [6, 6.07) is 3.64. The molecule has 0 saturated heterocycles. The second-order valence-corrected chi connectivity index (χ2v) is 7.37. The number of para-hydroxylation sites is 1. The van der Waals surface area contributed by atoms with E-state index in [-0.39, 0.29) is 17.5 Å². The Morgan fingerprint density at radius 2 is 1.83 bits per heavy atom. The van der Waals surface area contributed by atoms with Crippen LogP contribution in [0.1, 0.15) is 55.0 Å². The number of aromatic nitrogens is 1. The second kappa shape index (κ2) is 8.93. The van der Waals surface area contributed by atoms with Crippen molar-refractivity contribution in [2.24, 2.45) is 0 Å². The fourth-order valence-corrected chi connectivity index (χ4v) is 3.65. The minimum atomic E-state index is -4.94. The molecule has 0 spiro atoms. The van der Waals surface area contributed by atoms with Crippen LogP contribution in [0.3, 0.4) is 0 Å². The number of aliphatic hydroxyl groups is 1. The number of pyridine rings is 1. The predicted octanol–water partition coefficient (Wildman–Crippen LogP) is 5.79. The molecule has 0 aliphatic heterocycles. The quantitative estimate of drug-likeness (QED) is 0.345. The summed E-state index contributed by atoms with van der Waals surface area (Å²) in [7, 11) is 0. The van der Waals surface area contributed by atoms with Crippen molar-refractivity contribution < 1.29 is 31.4 Å². The van der Waals surface area contributed by atoms with Crippen LogP contribution >= 0.6 is 0 Å². The number of hydrogen-bond acceptors (Lipinski definition) is 3. The van der Waals surface area contributed by atoms with Gasteiger partial charge >= 0.3 is 12.4 Å². The van der Waals surface area contributed by atoms with Crippen LogP contribution in [-0.2, 0) is 12.4 Å². The zero-order chi connectivity index (χ0) is 21.9. The van der Waals surface area contributed by atoms with Gasteiger partial charge in [-0.1, -0.05) is 23.8 Å². The van der Waals surface area contributed by atoms with E-state index < -0.39 is 35.2 Å². The monoisotopic (exact) mass is 432 g/mol. The van der Waals surface area contributed by atoms with Crippen molar-refractivity contribution in [1.29, 1.82) is 0 Å². The number of aliphatic hydroxyl groups excluding tert-OH is 1. The van der Waals surface area contributed by atoms with E-state index in [2.05, 4.69) is 16.4 Å². The van der Waals surface area contributed by atoms with Gasteiger partial charge in [-0.25, -0.2) is 4.98 Å². The summed E-state index contributed by atoms with van der Waals surface area (Å²) in [5.74, 6) is 0. The maximum atomic E-state index is 13.3. The molecule has 1 heterocycles. The lowest BCUT2D eigenvalue weighted by Crippen LogP contribution is -2.24. The van der Waals surface area contributed by atoms with Crippen LogP contribution in [0.5, 0.6) is 0 Å². The van der Waals surface area contributed by atoms with E-state index in [1.165, 1.54) is 11.6 Å². The fourth-order valence-electron chi connectivity index (χ4n) is 3.65. The van der Waals surface area contributed by atoms with E-state index in [0.29, 0.717) is 18.7 Å². The molecule has 1 aromatic carbocycles. The first kappa shape index (κ1) is 22.6. The smallest absolute Gasteiger partial charge is 0.387 e. The molecule has 1 aliphatic rings. The molecule has 0 radical (unpaired) electrons. The lowest BCUT2D eigenvalue weighted by atomic mass is 9.97. The van der Waals surface area contributed by atoms with Gasteiger partial charge in [0.2, 0.25) is 0 Å². The molecule has 1 atom stereocenters. The van der Waals surface area contributed by atoms with Gasteiger partial charge in [0.1, 0.15) is 5.69 Å². The summed E-state index contributed by atoms with van der Waals surface area (Å²) >= 11 is 0. The Hall–Kier alpha value is -2.13. The summed E-state index contributed by atoms with van der Waals surface area (Å²) < 4.78 is 79.7. The molecular formula is C21H22F6N2O. The summed E-state index contributed by atoms with van der Waals surface area (Å²) in [5, 5.41) is 13.3. The van der Waals surface area contributed by atoms with Gasteiger partial charge in [-0.05, 0) is 56.3 Å². The molecule has 1 aliphatic carbocycles. The van der Waals surface area contributed by atoms with Crippen LogP contribution in [0.4, 0.5) is 26.3 Å². The lowest BCUT2D eigenvalue weighted by molar-refractivity contribution is -0.142. The molecular weight excluding hydrogens is 410 g/mol. The SMILES string of the molecule is OC(CNCCC1=CCCCC1)c1cc(C(F)(F)F)nc2c(C(F)(F)F)cccc12. The minimum Gasteiger partial charge on any atom is -0.387 e. The van der Waals surface area contributed by atoms with Gasteiger partial charge < -0.3 is 10.4 Å². The van der Waals surface area contributed by atoms with E-state index >= 15 is 0 Å². The van der Waals surface area contributed by atoms with Crippen LogP contribution in [0.15, 0.2) is 35.9 Å². The second-order valence-electron chi connectivity index (χ2n) is 7.37. The zero-order valence-electron chi connectivity index (χ0n) is 16.1. The number of rotatable bonds is 6. The highest BCUT2D eigenvalue weighted by atomic mass is 19.4. The van der Waals surface area contributed by atoms with E-state index in [1.807, 2.05) is 0 Å². The Balaban J connectivity index is 1.86. The Kier molecular flexibility index (Phi) is 6.71. The van der Waals surface area contributed by atoms with Crippen LogP contribution in [-0.4, -0.2) is 23.2 Å². The highest BCUT2D eigenvalue weighted by Gasteiger charge is 2.37. The van der Waals surface area contributed by atoms with Gasteiger partial charge in [0.15, 0.2) is 0 Å². The van der Waals surface area contributed by atoms with E-state index in [0.717, 1.165) is 38.2 Å². The van der Waals surface area contributed by atoms with Crippen molar-refractivity contribution in [1.82, 2.24) is 10.3 Å². The number of allylic oxidation sites excluding steroid dienone is 1. The van der Waals surface area contributed by atoms with Gasteiger partial charge in [-0.15, -0.1) is 0 Å². The molecule has 1 unspecified atom stereocenters. The fraction of sp³-hybridized carbons (Fsp3) is 0.476. The van der Waals surface area contributed by atoms with Crippen molar-refractivity contribution >= 4 is 10.9 Å². The number of nitrogens with zero attached hydrogens (tertiary/aromatic N) is 1. The Labute approximate surface area is 169 Å². The molecule has 2 aromatic rings. The molecule has 1 aromatic heterocycles. The van der Waals surface area contributed by atoms with Crippen LogP contribution in [0, 0.1) is 0 Å². The third kappa shape index (κ3) is 5.31. The molecule has 0 bridgehead atoms. The highest BCUT2D eigenvalue weighted by molar-refractivity contribution is 5.86. The van der Waals surface area contributed by atoms with Gasteiger partial charge in [0.25, 0.3) is 0 Å². The first-order valence-electron chi connectivity index (χ1n) is 9.72. The van der Waals surface area contributed by atoms with Crippen molar-refractivity contribution in [2.45, 2.75) is 50.6 Å². The van der Waals surface area contributed by atoms with Crippen molar-refractivity contribution in [3.8, 4) is 0 Å². The average Bonchev–Trinajstić information content (AvgIpc) is 2.69. The Morgan fingerprint density at radius 3 is 2.47 bits per heavy atom. The highest BCUT2D eigenvalue weighted by Crippen LogP contribution is 2.38. The van der Waals surface area contributed by atoms with Crippen molar-refractivity contribution in [3.63, 3.8) is 0 Å². The van der Waals surface area contributed by atoms with Gasteiger partial charge in [-0.2, -0.15) is 26.3 Å². The molecule has 30 heavy (non-hydrogen) atoms. The third-order valence-corrected chi connectivity index (χ3v) is 5.17. The van der Waals surface area contributed by atoms with E-state index in [9.17, 15) is 31.4 Å². The number of alkyl halides is 6. The van der Waals surface area contributed by atoms with Crippen LogP contribution < -0.4 is 5.32 Å². The van der Waals surface area contributed by atoms with E-state index in [1.54, 1.807) is 0 Å². The molecule has 9 heteroatoms. The number of benzene rings is 1. The molecule has 0 saturated carbocycles. The predicted molar refractivity (Wildman–Crippen MR) is 101 cm³/mol. The molecule has 0 fully saturated rings. The maximum Gasteiger partial charge on any atom is 0.433 e. The third-order valence-electron chi connectivity index (χ3n) is 5.17. The van der Waals surface area contributed by atoms with Crippen LogP contribution in [0.2, 0.25) is 0 Å². The van der Waals surface area contributed by atoms with E-state index in [4.69, 9.17) is 0 Å². The number of nitrogens with one attached hydrogen (secondary N) is 1. The summed E-state index contributed by atoms with van der Waals surface area (Å²) in [4.78, 5) is 3.23. The number of halogens is 6. The lowest BCUT2D eigenvalue weighted by Gasteiger charge is -2.19. The van der Waals surface area contributed by atoms with Gasteiger partial charge in [-0.3, -0.25) is 0 Å². The molecule has 164 valence electrons. The summed E-state index contributed by atoms with van der Waals surface area (Å²) in [6.45, 7) is 0.436. The summed E-state index contributed by atoms with van der Waals surface area (Å²) in [6.07, 6.45) is -3.97. The van der Waals surface area contributed by atoms with Gasteiger partial charge in [0.05, 0.1) is 17.2 Å². The average molecular weight is 432 g/mol. The van der Waals surface area contributed by atoms with Crippen LogP contribution in [0.25, 0.3) is 10.9 Å². The van der Waals surface area contributed by atoms with Crippen molar-refractivity contribution in [2.75, 3.05) is 13.1 Å². The molecule has 3 nitrogen and oxygen atoms in total. The molecule has 0 amide bonds.